The van der Waals surface area contributed by atoms with E-state index in [1.807, 2.05) is 13.0 Å². The number of benzene rings is 2. The minimum absolute atomic E-state index is 0.236. The Morgan fingerprint density at radius 2 is 1.85 bits per heavy atom. The van der Waals surface area contributed by atoms with E-state index in [4.69, 9.17) is 5.26 Å². The molecule has 0 aliphatic heterocycles. The lowest BCUT2D eigenvalue weighted by atomic mass is 10.1. The Hall–Kier alpha value is -2.41. The Bertz CT molecular complexity index is 688. The molecule has 2 aromatic carbocycles. The van der Waals surface area contributed by atoms with Crippen molar-refractivity contribution < 1.29 is 8.78 Å². The monoisotopic (exact) mass is 272 g/mol. The quantitative estimate of drug-likeness (QED) is 0.914. The molecule has 0 saturated heterocycles. The van der Waals surface area contributed by atoms with Crippen molar-refractivity contribution in [2.45, 2.75) is 20.4 Å². The van der Waals surface area contributed by atoms with E-state index < -0.39 is 5.82 Å². The Morgan fingerprint density at radius 1 is 1.10 bits per heavy atom. The first-order valence-electron chi connectivity index (χ1n) is 6.20. The molecule has 0 bridgehead atoms. The van der Waals surface area contributed by atoms with Crippen molar-refractivity contribution in [2.24, 2.45) is 0 Å². The molecule has 0 atom stereocenters. The summed E-state index contributed by atoms with van der Waals surface area (Å²) in [7, 11) is 0. The fourth-order valence-corrected chi connectivity index (χ4v) is 1.96. The molecule has 0 fully saturated rings. The van der Waals surface area contributed by atoms with E-state index in [0.717, 1.165) is 5.56 Å². The normalized spacial score (nSPS) is 10.2. The number of hydrogen-bond donors (Lipinski definition) is 1. The first-order valence-corrected chi connectivity index (χ1v) is 6.20. The summed E-state index contributed by atoms with van der Waals surface area (Å²) in [5.41, 5.74) is 2.61. The number of halogens is 2. The summed E-state index contributed by atoms with van der Waals surface area (Å²) in [6.07, 6.45) is 0. The second-order valence-corrected chi connectivity index (χ2v) is 4.69. The van der Waals surface area contributed by atoms with E-state index in [2.05, 4.69) is 5.32 Å². The van der Waals surface area contributed by atoms with Crippen LogP contribution in [0.2, 0.25) is 0 Å². The third kappa shape index (κ3) is 2.94. The van der Waals surface area contributed by atoms with E-state index in [-0.39, 0.29) is 17.9 Å². The van der Waals surface area contributed by atoms with Crippen LogP contribution in [0.25, 0.3) is 0 Å². The Morgan fingerprint density at radius 3 is 2.55 bits per heavy atom. The minimum Gasteiger partial charge on any atom is -0.381 e. The van der Waals surface area contributed by atoms with Crippen LogP contribution >= 0.6 is 0 Å². The number of nitrogens with zero attached hydrogens (tertiary/aromatic N) is 1. The summed E-state index contributed by atoms with van der Waals surface area (Å²) < 4.78 is 27.3. The number of rotatable bonds is 3. The molecule has 0 amide bonds. The maximum Gasteiger partial charge on any atom is 0.129 e. The highest BCUT2D eigenvalue weighted by atomic mass is 19.1. The number of nitriles is 1. The van der Waals surface area contributed by atoms with E-state index in [1.165, 1.54) is 12.1 Å². The number of nitrogens with one attached hydrogen (secondary N) is 1. The predicted octanol–water partition coefficient (Wildman–Crippen LogP) is 4.07. The third-order valence-electron chi connectivity index (χ3n) is 3.14. The fourth-order valence-electron chi connectivity index (χ4n) is 1.96. The van der Waals surface area contributed by atoms with Crippen LogP contribution < -0.4 is 5.32 Å². The molecule has 102 valence electrons. The van der Waals surface area contributed by atoms with Crippen LogP contribution in [0.1, 0.15) is 22.3 Å². The molecule has 0 heterocycles. The van der Waals surface area contributed by atoms with Gasteiger partial charge in [-0.05, 0) is 32.0 Å². The lowest BCUT2D eigenvalue weighted by Crippen LogP contribution is -2.05. The van der Waals surface area contributed by atoms with Gasteiger partial charge in [-0.25, -0.2) is 8.78 Å². The molecule has 0 radical (unpaired) electrons. The lowest BCUT2D eigenvalue weighted by Gasteiger charge is -2.12. The topological polar surface area (TPSA) is 35.8 Å². The first kappa shape index (κ1) is 14.0. The van der Waals surface area contributed by atoms with Gasteiger partial charge >= 0.3 is 0 Å². The molecule has 1 N–H and O–H groups in total. The van der Waals surface area contributed by atoms with Crippen molar-refractivity contribution in [3.8, 4) is 6.07 Å². The van der Waals surface area contributed by atoms with Gasteiger partial charge in [-0.2, -0.15) is 5.26 Å². The molecule has 2 rings (SSSR count). The SMILES string of the molecule is Cc1ccc(F)c(CNc2cc(C#N)cc(F)c2C)c1. The summed E-state index contributed by atoms with van der Waals surface area (Å²) in [5, 5.41) is 11.8. The van der Waals surface area contributed by atoms with Gasteiger partial charge in [-0.3, -0.25) is 0 Å². The number of aryl methyl sites for hydroxylation is 1. The summed E-state index contributed by atoms with van der Waals surface area (Å²) >= 11 is 0. The van der Waals surface area contributed by atoms with Crippen molar-refractivity contribution in [2.75, 3.05) is 5.32 Å². The van der Waals surface area contributed by atoms with Crippen LogP contribution in [-0.4, -0.2) is 0 Å². The summed E-state index contributed by atoms with van der Waals surface area (Å²) in [6, 6.07) is 9.49. The second-order valence-electron chi connectivity index (χ2n) is 4.69. The maximum atomic E-state index is 13.6. The maximum absolute atomic E-state index is 13.6. The van der Waals surface area contributed by atoms with Crippen LogP contribution in [0, 0.1) is 36.8 Å². The molecule has 20 heavy (non-hydrogen) atoms. The molecule has 0 saturated carbocycles. The summed E-state index contributed by atoms with van der Waals surface area (Å²) in [4.78, 5) is 0. The van der Waals surface area contributed by atoms with Crippen molar-refractivity contribution in [1.29, 1.82) is 5.26 Å². The third-order valence-corrected chi connectivity index (χ3v) is 3.14. The van der Waals surface area contributed by atoms with E-state index in [0.29, 0.717) is 16.8 Å². The van der Waals surface area contributed by atoms with Crippen LogP contribution in [0.4, 0.5) is 14.5 Å². The van der Waals surface area contributed by atoms with Crippen LogP contribution in [0.3, 0.4) is 0 Å². The predicted molar refractivity (Wildman–Crippen MR) is 74.3 cm³/mol. The Labute approximate surface area is 116 Å². The lowest BCUT2D eigenvalue weighted by molar-refractivity contribution is 0.611. The van der Waals surface area contributed by atoms with Gasteiger partial charge in [0.15, 0.2) is 0 Å². The highest BCUT2D eigenvalue weighted by Gasteiger charge is 2.08. The molecule has 0 spiro atoms. The smallest absolute Gasteiger partial charge is 0.129 e. The van der Waals surface area contributed by atoms with E-state index >= 15 is 0 Å². The van der Waals surface area contributed by atoms with Crippen LogP contribution in [0.5, 0.6) is 0 Å². The molecule has 0 aliphatic rings. The van der Waals surface area contributed by atoms with Crippen molar-refractivity contribution in [3.63, 3.8) is 0 Å². The Kier molecular flexibility index (Phi) is 3.99. The molecule has 0 aromatic heterocycles. The van der Waals surface area contributed by atoms with Crippen LogP contribution in [0.15, 0.2) is 30.3 Å². The average Bonchev–Trinajstić information content (AvgIpc) is 2.43. The zero-order chi connectivity index (χ0) is 14.7. The molecule has 0 aliphatic carbocycles. The molecule has 0 unspecified atom stereocenters. The zero-order valence-electron chi connectivity index (χ0n) is 11.3. The average molecular weight is 272 g/mol. The van der Waals surface area contributed by atoms with E-state index in [9.17, 15) is 8.78 Å². The van der Waals surface area contributed by atoms with Crippen molar-refractivity contribution in [1.82, 2.24) is 0 Å². The summed E-state index contributed by atoms with van der Waals surface area (Å²) in [6.45, 7) is 3.73. The van der Waals surface area contributed by atoms with Gasteiger partial charge in [0, 0.05) is 23.4 Å². The molecular formula is C16H14F2N2. The minimum atomic E-state index is -0.448. The van der Waals surface area contributed by atoms with Crippen LogP contribution in [-0.2, 0) is 6.54 Å². The highest BCUT2D eigenvalue weighted by Crippen LogP contribution is 2.21. The zero-order valence-corrected chi connectivity index (χ0v) is 11.3. The number of anilines is 1. The van der Waals surface area contributed by atoms with Gasteiger partial charge in [-0.1, -0.05) is 17.7 Å². The van der Waals surface area contributed by atoms with Gasteiger partial charge in [0.25, 0.3) is 0 Å². The highest BCUT2D eigenvalue weighted by molar-refractivity contribution is 5.56. The van der Waals surface area contributed by atoms with E-state index in [1.54, 1.807) is 25.1 Å². The number of hydrogen-bond acceptors (Lipinski definition) is 2. The van der Waals surface area contributed by atoms with Gasteiger partial charge in [0.1, 0.15) is 11.6 Å². The Balaban J connectivity index is 2.25. The van der Waals surface area contributed by atoms with Crippen molar-refractivity contribution in [3.05, 3.63) is 64.2 Å². The largest absolute Gasteiger partial charge is 0.381 e. The molecule has 2 aromatic rings. The second kappa shape index (κ2) is 5.70. The molecule has 4 heteroatoms. The molecule has 2 nitrogen and oxygen atoms in total. The fraction of sp³-hybridized carbons (Fsp3) is 0.188. The van der Waals surface area contributed by atoms with Gasteiger partial charge < -0.3 is 5.32 Å². The summed E-state index contributed by atoms with van der Waals surface area (Å²) in [5.74, 6) is -0.756. The van der Waals surface area contributed by atoms with Gasteiger partial charge in [0.05, 0.1) is 11.6 Å². The van der Waals surface area contributed by atoms with Crippen molar-refractivity contribution >= 4 is 5.69 Å². The van der Waals surface area contributed by atoms with Gasteiger partial charge in [0.2, 0.25) is 0 Å². The standard InChI is InChI=1S/C16H14F2N2/c1-10-3-4-14(17)13(5-10)9-20-16-7-12(8-19)6-15(18)11(16)2/h3-7,20H,9H2,1-2H3. The van der Waals surface area contributed by atoms with Gasteiger partial charge in [-0.15, -0.1) is 0 Å². The molecular weight excluding hydrogens is 258 g/mol. The first-order chi connectivity index (χ1) is 9.51.